The van der Waals surface area contributed by atoms with Gasteiger partial charge in [-0.3, -0.25) is 4.90 Å². The van der Waals surface area contributed by atoms with Crippen LogP contribution < -0.4 is 9.80 Å². The van der Waals surface area contributed by atoms with E-state index in [4.69, 9.17) is 14.6 Å². The Kier molecular flexibility index (Phi) is 3.84. The number of carboxylic acids is 1. The molecule has 1 amide bonds. The van der Waals surface area contributed by atoms with Gasteiger partial charge in [0.15, 0.2) is 0 Å². The molecule has 0 unspecified atom stereocenters. The van der Waals surface area contributed by atoms with Crippen LogP contribution in [0.25, 0.3) is 0 Å². The van der Waals surface area contributed by atoms with Crippen LogP contribution in [0.4, 0.5) is 20.6 Å². The van der Waals surface area contributed by atoms with E-state index in [1.165, 1.54) is 6.07 Å². The molecule has 1 N–H and O–H groups in total. The number of hydrogen-bond acceptors (Lipinski definition) is 5. The third-order valence-electron chi connectivity index (χ3n) is 3.68. The third-order valence-corrected chi connectivity index (χ3v) is 3.68. The Hall–Kier alpha value is -2.35. The van der Waals surface area contributed by atoms with E-state index < -0.39 is 24.0 Å². The molecule has 2 aliphatic rings. The van der Waals surface area contributed by atoms with Gasteiger partial charge in [-0.2, -0.15) is 0 Å². The molecule has 1 aromatic carbocycles. The van der Waals surface area contributed by atoms with E-state index in [2.05, 4.69) is 0 Å². The Morgan fingerprint density at radius 1 is 1.32 bits per heavy atom. The zero-order valence-electron chi connectivity index (χ0n) is 11.7. The summed E-state index contributed by atoms with van der Waals surface area (Å²) in [5.41, 5.74) is 0.720. The summed E-state index contributed by atoms with van der Waals surface area (Å²) in [6.07, 6.45) is -2.01. The average Bonchev–Trinajstić information content (AvgIpc) is 2.90. The molecule has 0 bridgehead atoms. The monoisotopic (exact) mass is 310 g/mol. The molecular weight excluding hydrogens is 295 g/mol. The van der Waals surface area contributed by atoms with E-state index >= 15 is 0 Å². The van der Waals surface area contributed by atoms with Crippen molar-refractivity contribution in [3.05, 3.63) is 24.0 Å². The van der Waals surface area contributed by atoms with Crippen LogP contribution in [0, 0.1) is 5.82 Å². The second-order valence-electron chi connectivity index (χ2n) is 5.06. The first-order valence-corrected chi connectivity index (χ1v) is 6.89. The van der Waals surface area contributed by atoms with Crippen molar-refractivity contribution >= 4 is 23.4 Å². The van der Waals surface area contributed by atoms with Gasteiger partial charge in [-0.1, -0.05) is 0 Å². The topological polar surface area (TPSA) is 79.3 Å². The number of rotatable bonds is 3. The van der Waals surface area contributed by atoms with E-state index in [0.717, 1.165) is 4.90 Å². The van der Waals surface area contributed by atoms with Crippen molar-refractivity contribution in [1.82, 2.24) is 0 Å². The first kappa shape index (κ1) is 14.6. The number of halogens is 1. The highest BCUT2D eigenvalue weighted by atomic mass is 19.1. The predicted molar refractivity (Wildman–Crippen MR) is 74.7 cm³/mol. The molecule has 22 heavy (non-hydrogen) atoms. The van der Waals surface area contributed by atoms with Gasteiger partial charge in [0.1, 0.15) is 5.82 Å². The molecule has 2 heterocycles. The third kappa shape index (κ3) is 2.69. The number of morpholine rings is 1. The Morgan fingerprint density at radius 3 is 2.64 bits per heavy atom. The quantitative estimate of drug-likeness (QED) is 0.900. The molecule has 2 saturated heterocycles. The van der Waals surface area contributed by atoms with Crippen LogP contribution in [0.2, 0.25) is 0 Å². The lowest BCUT2D eigenvalue weighted by molar-refractivity contribution is -0.144. The van der Waals surface area contributed by atoms with Crippen molar-refractivity contribution in [3.63, 3.8) is 0 Å². The highest BCUT2D eigenvalue weighted by Gasteiger charge is 2.37. The number of aliphatic carboxylic acids is 1. The van der Waals surface area contributed by atoms with E-state index in [-0.39, 0.29) is 12.2 Å². The summed E-state index contributed by atoms with van der Waals surface area (Å²) in [7, 11) is 0. The summed E-state index contributed by atoms with van der Waals surface area (Å²) in [6.45, 7) is 2.15. The van der Waals surface area contributed by atoms with Gasteiger partial charge < -0.3 is 19.5 Å². The Morgan fingerprint density at radius 2 is 2.05 bits per heavy atom. The van der Waals surface area contributed by atoms with Gasteiger partial charge in [-0.25, -0.2) is 14.0 Å². The number of cyclic esters (lactones) is 1. The second-order valence-corrected chi connectivity index (χ2v) is 5.06. The fourth-order valence-electron chi connectivity index (χ4n) is 2.53. The number of anilines is 2. The Balaban J connectivity index is 1.80. The fourth-order valence-corrected chi connectivity index (χ4v) is 2.53. The fraction of sp³-hybridized carbons (Fsp3) is 0.429. The van der Waals surface area contributed by atoms with E-state index in [1.807, 2.05) is 4.90 Å². The lowest BCUT2D eigenvalue weighted by Crippen LogP contribution is -2.36. The molecule has 0 aromatic heterocycles. The number of amides is 1. The molecule has 8 heteroatoms. The minimum atomic E-state index is -1.23. The van der Waals surface area contributed by atoms with E-state index in [0.29, 0.717) is 32.0 Å². The maximum Gasteiger partial charge on any atom is 0.415 e. The summed E-state index contributed by atoms with van der Waals surface area (Å²) < 4.78 is 24.2. The molecule has 0 saturated carbocycles. The summed E-state index contributed by atoms with van der Waals surface area (Å²) in [4.78, 5) is 25.5. The van der Waals surface area contributed by atoms with Gasteiger partial charge in [0, 0.05) is 13.1 Å². The smallest absolute Gasteiger partial charge is 0.415 e. The number of benzene rings is 1. The van der Waals surface area contributed by atoms with Crippen LogP contribution >= 0.6 is 0 Å². The zero-order chi connectivity index (χ0) is 15.7. The average molecular weight is 310 g/mol. The largest absolute Gasteiger partial charge is 0.478 e. The first-order valence-electron chi connectivity index (χ1n) is 6.89. The summed E-state index contributed by atoms with van der Waals surface area (Å²) in [5, 5.41) is 8.87. The van der Waals surface area contributed by atoms with Crippen molar-refractivity contribution in [2.75, 3.05) is 42.6 Å². The van der Waals surface area contributed by atoms with Crippen molar-refractivity contribution in [2.45, 2.75) is 6.10 Å². The molecule has 7 nitrogen and oxygen atoms in total. The standard InChI is InChI=1S/C14H15FN2O5/c15-10-7-9(17-8-12(13(18)19)22-14(17)20)1-2-11(10)16-3-5-21-6-4-16/h1-2,7,12H,3-6,8H2,(H,18,19)/t12-/m1/s1. The van der Waals surface area contributed by atoms with Gasteiger partial charge in [0.05, 0.1) is 31.1 Å². The van der Waals surface area contributed by atoms with E-state index in [9.17, 15) is 14.0 Å². The SMILES string of the molecule is O=C(O)[C@H]1CN(c2ccc(N3CCOCC3)c(F)c2)C(=O)O1. The molecule has 2 aliphatic heterocycles. The number of carbonyl (C=O) groups excluding carboxylic acids is 1. The summed E-state index contributed by atoms with van der Waals surface area (Å²) >= 11 is 0. The maximum absolute atomic E-state index is 14.3. The maximum atomic E-state index is 14.3. The lowest BCUT2D eigenvalue weighted by atomic mass is 10.2. The molecule has 3 rings (SSSR count). The summed E-state index contributed by atoms with van der Waals surface area (Å²) in [6, 6.07) is 4.38. The minimum Gasteiger partial charge on any atom is -0.478 e. The van der Waals surface area contributed by atoms with Crippen molar-refractivity contribution in [2.24, 2.45) is 0 Å². The van der Waals surface area contributed by atoms with Crippen molar-refractivity contribution in [1.29, 1.82) is 0 Å². The number of carbonyl (C=O) groups is 2. The molecule has 0 spiro atoms. The van der Waals surface area contributed by atoms with Gasteiger partial charge in [-0.05, 0) is 18.2 Å². The molecule has 0 aliphatic carbocycles. The predicted octanol–water partition coefficient (Wildman–Crippen LogP) is 1.07. The van der Waals surface area contributed by atoms with Crippen LogP contribution in [-0.2, 0) is 14.3 Å². The number of ether oxygens (including phenoxy) is 2. The van der Waals surface area contributed by atoms with Gasteiger partial charge >= 0.3 is 12.1 Å². The van der Waals surface area contributed by atoms with Crippen molar-refractivity contribution < 1.29 is 28.6 Å². The summed E-state index contributed by atoms with van der Waals surface area (Å²) in [5.74, 6) is -1.69. The molecule has 1 atom stereocenters. The Bertz CT molecular complexity index is 603. The van der Waals surface area contributed by atoms with Gasteiger partial charge in [-0.15, -0.1) is 0 Å². The van der Waals surface area contributed by atoms with Crippen molar-refractivity contribution in [3.8, 4) is 0 Å². The van der Waals surface area contributed by atoms with Crippen LogP contribution in [0.1, 0.15) is 0 Å². The Labute approximate surface area is 125 Å². The highest BCUT2D eigenvalue weighted by molar-refractivity contribution is 5.94. The highest BCUT2D eigenvalue weighted by Crippen LogP contribution is 2.28. The van der Waals surface area contributed by atoms with Crippen LogP contribution in [0.5, 0.6) is 0 Å². The lowest BCUT2D eigenvalue weighted by Gasteiger charge is -2.29. The molecule has 0 radical (unpaired) electrons. The molecule has 2 fully saturated rings. The second kappa shape index (κ2) is 5.80. The molecular formula is C14H15FN2O5. The van der Waals surface area contributed by atoms with Gasteiger partial charge in [0.25, 0.3) is 0 Å². The van der Waals surface area contributed by atoms with Crippen LogP contribution in [0.15, 0.2) is 18.2 Å². The first-order chi connectivity index (χ1) is 10.6. The minimum absolute atomic E-state index is 0.134. The molecule has 118 valence electrons. The molecule has 1 aromatic rings. The van der Waals surface area contributed by atoms with Gasteiger partial charge in [0.2, 0.25) is 6.10 Å². The van der Waals surface area contributed by atoms with Crippen LogP contribution in [-0.4, -0.2) is 56.1 Å². The normalized spacial score (nSPS) is 21.9. The number of carboxylic acid groups (broad SMARTS) is 1. The number of nitrogens with zero attached hydrogens (tertiary/aromatic N) is 2. The number of hydrogen-bond donors (Lipinski definition) is 1. The zero-order valence-corrected chi connectivity index (χ0v) is 11.7. The van der Waals surface area contributed by atoms with E-state index in [1.54, 1.807) is 12.1 Å². The van der Waals surface area contributed by atoms with Crippen LogP contribution in [0.3, 0.4) is 0 Å².